The summed E-state index contributed by atoms with van der Waals surface area (Å²) in [5, 5.41) is 3.84. The van der Waals surface area contributed by atoms with Gasteiger partial charge in [-0.05, 0) is 32.3 Å². The Hall–Kier alpha value is -2.15. The van der Waals surface area contributed by atoms with Crippen LogP contribution in [0.3, 0.4) is 0 Å². The molecule has 136 valence electrons. The zero-order valence-electron chi connectivity index (χ0n) is 14.9. The fraction of sp³-hybridized carbons (Fsp3) is 0.444. The van der Waals surface area contributed by atoms with E-state index in [1.807, 2.05) is 30.3 Å². The maximum atomic E-state index is 12.2. The van der Waals surface area contributed by atoms with E-state index in [1.54, 1.807) is 20.9 Å². The number of hydrogen-bond donors (Lipinski definition) is 0. The minimum Gasteiger partial charge on any atom is -0.361 e. The van der Waals surface area contributed by atoms with Gasteiger partial charge in [0, 0.05) is 12.6 Å². The normalized spacial score (nSPS) is 11.5. The lowest BCUT2D eigenvalue weighted by molar-refractivity contribution is -0.127. The molecule has 6 nitrogen and oxygen atoms in total. The summed E-state index contributed by atoms with van der Waals surface area (Å²) in [5.74, 6) is -0.239. The number of aryl methyl sites for hydroxylation is 3. The Labute approximate surface area is 148 Å². The van der Waals surface area contributed by atoms with Crippen LogP contribution >= 0.6 is 0 Å². The molecule has 0 aliphatic rings. The molecule has 0 N–H and O–H groups in total. The largest absolute Gasteiger partial charge is 0.361 e. The number of amides is 1. The molecule has 7 heteroatoms. The van der Waals surface area contributed by atoms with E-state index in [4.69, 9.17) is 4.52 Å². The molecular formula is C18H24N2O4S. The summed E-state index contributed by atoms with van der Waals surface area (Å²) in [4.78, 5) is 13.6. The van der Waals surface area contributed by atoms with Crippen molar-refractivity contribution in [2.75, 3.05) is 18.6 Å². The second-order valence-electron chi connectivity index (χ2n) is 6.23. The molecule has 2 rings (SSSR count). The van der Waals surface area contributed by atoms with Crippen molar-refractivity contribution in [3.8, 4) is 0 Å². The van der Waals surface area contributed by atoms with Crippen molar-refractivity contribution in [1.82, 2.24) is 10.1 Å². The molecule has 0 bridgehead atoms. The Morgan fingerprint density at radius 3 is 2.48 bits per heavy atom. The Bertz CT molecular complexity index is 793. The summed E-state index contributed by atoms with van der Waals surface area (Å²) < 4.78 is 29.5. The van der Waals surface area contributed by atoms with Gasteiger partial charge in [0.25, 0.3) is 0 Å². The molecule has 25 heavy (non-hydrogen) atoms. The topological polar surface area (TPSA) is 80.5 Å². The van der Waals surface area contributed by atoms with Crippen LogP contribution in [0, 0.1) is 13.8 Å². The van der Waals surface area contributed by atoms with Crippen LogP contribution in [0.2, 0.25) is 0 Å². The van der Waals surface area contributed by atoms with Crippen LogP contribution in [0.15, 0.2) is 34.9 Å². The van der Waals surface area contributed by atoms with E-state index < -0.39 is 21.5 Å². The van der Waals surface area contributed by atoms with E-state index in [2.05, 4.69) is 5.16 Å². The monoisotopic (exact) mass is 364 g/mol. The van der Waals surface area contributed by atoms with Crippen molar-refractivity contribution in [2.24, 2.45) is 0 Å². The second-order valence-corrected chi connectivity index (χ2v) is 8.42. The number of carbonyl (C=O) groups excluding carboxylic acids is 1. The van der Waals surface area contributed by atoms with Crippen molar-refractivity contribution in [3.63, 3.8) is 0 Å². The van der Waals surface area contributed by atoms with Crippen molar-refractivity contribution in [1.29, 1.82) is 0 Å². The van der Waals surface area contributed by atoms with Gasteiger partial charge in [0.1, 0.15) is 11.5 Å². The molecule has 1 aromatic carbocycles. The maximum Gasteiger partial charge on any atom is 0.237 e. The van der Waals surface area contributed by atoms with Gasteiger partial charge in [0.2, 0.25) is 5.91 Å². The lowest BCUT2D eigenvalue weighted by atomic mass is 10.1. The third kappa shape index (κ3) is 5.70. The first kappa shape index (κ1) is 19.2. The van der Waals surface area contributed by atoms with Gasteiger partial charge in [-0.25, -0.2) is 8.42 Å². The van der Waals surface area contributed by atoms with Crippen molar-refractivity contribution in [3.05, 3.63) is 52.9 Å². The fourth-order valence-electron chi connectivity index (χ4n) is 2.56. The minimum absolute atomic E-state index is 0.00674. The van der Waals surface area contributed by atoms with Gasteiger partial charge in [0.15, 0.2) is 9.84 Å². The van der Waals surface area contributed by atoms with Gasteiger partial charge in [-0.1, -0.05) is 35.5 Å². The predicted molar refractivity (Wildman–Crippen MR) is 95.9 cm³/mol. The van der Waals surface area contributed by atoms with E-state index in [0.717, 1.165) is 11.1 Å². The highest BCUT2D eigenvalue weighted by molar-refractivity contribution is 7.92. The van der Waals surface area contributed by atoms with Crippen molar-refractivity contribution >= 4 is 15.7 Å². The molecular weight excluding hydrogens is 340 g/mol. The average molecular weight is 364 g/mol. The van der Waals surface area contributed by atoms with Crippen LogP contribution < -0.4 is 0 Å². The zero-order valence-corrected chi connectivity index (χ0v) is 15.7. The molecule has 0 saturated heterocycles. The standard InChI is InChI=1S/C18H24N2O4S/c1-14-17(15(2)24-19-14)12-20(3)18(21)13-25(22,23)11-7-10-16-8-5-4-6-9-16/h4-6,8-9H,7,10-13H2,1-3H3. The Kier molecular flexibility index (Phi) is 6.36. The number of rotatable bonds is 8. The van der Waals surface area contributed by atoms with E-state index >= 15 is 0 Å². The summed E-state index contributed by atoms with van der Waals surface area (Å²) in [7, 11) is -1.83. The molecule has 0 saturated carbocycles. The summed E-state index contributed by atoms with van der Waals surface area (Å²) in [6.07, 6.45) is 1.19. The van der Waals surface area contributed by atoms with Crippen molar-refractivity contribution in [2.45, 2.75) is 33.2 Å². The highest BCUT2D eigenvalue weighted by Gasteiger charge is 2.21. The highest BCUT2D eigenvalue weighted by atomic mass is 32.2. The van der Waals surface area contributed by atoms with Gasteiger partial charge in [0.05, 0.1) is 18.0 Å². The Morgan fingerprint density at radius 1 is 1.20 bits per heavy atom. The van der Waals surface area contributed by atoms with E-state index in [0.29, 0.717) is 30.8 Å². The number of nitrogens with zero attached hydrogens (tertiary/aromatic N) is 2. The molecule has 0 aliphatic heterocycles. The van der Waals surface area contributed by atoms with Gasteiger partial charge >= 0.3 is 0 Å². The summed E-state index contributed by atoms with van der Waals surface area (Å²) in [6.45, 7) is 3.86. The van der Waals surface area contributed by atoms with Crippen LogP contribution in [-0.4, -0.2) is 42.9 Å². The number of sulfone groups is 1. The molecule has 2 aromatic rings. The average Bonchev–Trinajstić information content (AvgIpc) is 2.87. The molecule has 0 spiro atoms. The van der Waals surface area contributed by atoms with E-state index in [9.17, 15) is 13.2 Å². The van der Waals surface area contributed by atoms with E-state index in [1.165, 1.54) is 4.90 Å². The van der Waals surface area contributed by atoms with Crippen molar-refractivity contribution < 1.29 is 17.7 Å². The fourth-order valence-corrected chi connectivity index (χ4v) is 3.89. The van der Waals surface area contributed by atoms with Gasteiger partial charge < -0.3 is 9.42 Å². The van der Waals surface area contributed by atoms with Crippen LogP contribution in [0.1, 0.15) is 29.0 Å². The van der Waals surface area contributed by atoms with Crippen LogP contribution in [0.25, 0.3) is 0 Å². The second kappa shape index (κ2) is 8.29. The molecule has 1 heterocycles. The highest BCUT2D eigenvalue weighted by Crippen LogP contribution is 2.14. The number of carbonyl (C=O) groups is 1. The summed E-state index contributed by atoms with van der Waals surface area (Å²) in [5.41, 5.74) is 2.62. The van der Waals surface area contributed by atoms with E-state index in [-0.39, 0.29) is 5.75 Å². The molecule has 0 unspecified atom stereocenters. The van der Waals surface area contributed by atoms with Gasteiger partial charge in [-0.15, -0.1) is 0 Å². The number of aromatic nitrogens is 1. The molecule has 0 radical (unpaired) electrons. The molecule has 1 amide bonds. The molecule has 0 fully saturated rings. The number of benzene rings is 1. The van der Waals surface area contributed by atoms with Crippen LogP contribution in [-0.2, 0) is 27.6 Å². The smallest absolute Gasteiger partial charge is 0.237 e. The van der Waals surface area contributed by atoms with Crippen LogP contribution in [0.5, 0.6) is 0 Å². The minimum atomic E-state index is -3.43. The molecule has 0 aliphatic carbocycles. The first-order chi connectivity index (χ1) is 11.8. The predicted octanol–water partition coefficient (Wildman–Crippen LogP) is 2.30. The molecule has 0 atom stereocenters. The zero-order chi connectivity index (χ0) is 18.4. The number of hydrogen-bond acceptors (Lipinski definition) is 5. The third-order valence-electron chi connectivity index (χ3n) is 4.11. The Balaban J connectivity index is 1.85. The maximum absolute atomic E-state index is 12.2. The SMILES string of the molecule is Cc1noc(C)c1CN(C)C(=O)CS(=O)(=O)CCCc1ccccc1. The Morgan fingerprint density at radius 2 is 1.88 bits per heavy atom. The quantitative estimate of drug-likeness (QED) is 0.718. The first-order valence-corrected chi connectivity index (χ1v) is 10.0. The van der Waals surface area contributed by atoms with Crippen LogP contribution in [0.4, 0.5) is 0 Å². The van der Waals surface area contributed by atoms with Gasteiger partial charge in [-0.2, -0.15) is 0 Å². The summed E-state index contributed by atoms with van der Waals surface area (Å²) in [6, 6.07) is 9.71. The molecule has 1 aromatic heterocycles. The summed E-state index contributed by atoms with van der Waals surface area (Å²) >= 11 is 0. The third-order valence-corrected chi connectivity index (χ3v) is 5.71. The lowest BCUT2D eigenvalue weighted by Gasteiger charge is -2.17. The first-order valence-electron chi connectivity index (χ1n) is 8.18. The van der Waals surface area contributed by atoms with Gasteiger partial charge in [-0.3, -0.25) is 4.79 Å². The lowest BCUT2D eigenvalue weighted by Crippen LogP contribution is -2.33.